The van der Waals surface area contributed by atoms with Gasteiger partial charge in [0.05, 0.1) is 6.20 Å². The highest BCUT2D eigenvalue weighted by Gasteiger charge is 2.25. The van der Waals surface area contributed by atoms with Crippen LogP contribution < -0.4 is 5.73 Å². The molecule has 0 radical (unpaired) electrons. The Balaban J connectivity index is 0. The van der Waals surface area contributed by atoms with Crippen molar-refractivity contribution in [3.63, 3.8) is 0 Å². The first kappa shape index (κ1) is 12.7. The van der Waals surface area contributed by atoms with E-state index in [1.807, 2.05) is 34.6 Å². The molecule has 0 saturated carbocycles. The van der Waals surface area contributed by atoms with Crippen LogP contribution in [0.4, 0.5) is 6.01 Å². The quantitative estimate of drug-likeness (QED) is 0.708. The van der Waals surface area contributed by atoms with Crippen LogP contribution in [-0.4, -0.2) is 10.8 Å². The third kappa shape index (κ3) is 3.20. The van der Waals surface area contributed by atoms with E-state index in [-0.39, 0.29) is 19.0 Å². The number of rotatable bonds is 1. The Morgan fingerprint density at radius 3 is 2.29 bits per heavy atom. The summed E-state index contributed by atoms with van der Waals surface area (Å²) in [6, 6.07) is 0.0302. The number of Topliss-reactive ketones (excluding diaryl/α,β-unsaturated/α-hetero) is 1. The van der Waals surface area contributed by atoms with Gasteiger partial charge in [-0.05, 0) is 0 Å². The molecule has 1 heterocycles. The molecule has 1 aromatic rings. The lowest BCUT2D eigenvalue weighted by atomic mass is 9.90. The highest BCUT2D eigenvalue weighted by molar-refractivity contribution is 5.97. The average molecular weight is 200 g/mol. The van der Waals surface area contributed by atoms with Crippen molar-refractivity contribution in [1.29, 1.82) is 0 Å². The fourth-order valence-corrected chi connectivity index (χ4v) is 0.762. The lowest BCUT2D eigenvalue weighted by Crippen LogP contribution is -2.19. The normalized spacial score (nSPS) is 10.4. The number of hydrogen-bond acceptors (Lipinski definition) is 4. The van der Waals surface area contributed by atoms with Crippen molar-refractivity contribution in [2.45, 2.75) is 34.6 Å². The molecule has 0 spiro atoms. The van der Waals surface area contributed by atoms with Crippen LogP contribution in [-0.2, 0) is 0 Å². The number of nitrogen functional groups attached to an aromatic ring is 1. The molecule has 0 aromatic carbocycles. The number of hydrogen-bond donors (Lipinski definition) is 1. The van der Waals surface area contributed by atoms with E-state index in [1.165, 1.54) is 6.20 Å². The van der Waals surface area contributed by atoms with Crippen molar-refractivity contribution in [3.05, 3.63) is 12.0 Å². The highest BCUT2D eigenvalue weighted by Crippen LogP contribution is 2.21. The van der Waals surface area contributed by atoms with E-state index in [4.69, 9.17) is 10.2 Å². The van der Waals surface area contributed by atoms with Crippen molar-refractivity contribution in [1.82, 2.24) is 4.98 Å². The summed E-state index contributed by atoms with van der Waals surface area (Å²) in [6.07, 6.45) is 1.35. The fourth-order valence-electron chi connectivity index (χ4n) is 0.762. The van der Waals surface area contributed by atoms with Gasteiger partial charge in [-0.15, -0.1) is 0 Å². The van der Waals surface area contributed by atoms with Crippen LogP contribution in [0.2, 0.25) is 0 Å². The Labute approximate surface area is 86.0 Å². The molecule has 0 saturated heterocycles. The first-order chi connectivity index (χ1) is 6.41. The summed E-state index contributed by atoms with van der Waals surface area (Å²) in [5.41, 5.74) is 4.78. The van der Waals surface area contributed by atoms with Crippen LogP contribution in [0.25, 0.3) is 0 Å². The number of oxazole rings is 1. The monoisotopic (exact) mass is 200 g/mol. The summed E-state index contributed by atoms with van der Waals surface area (Å²) in [6.45, 7) is 9.44. The molecule has 0 amide bonds. The summed E-state index contributed by atoms with van der Waals surface area (Å²) >= 11 is 0. The summed E-state index contributed by atoms with van der Waals surface area (Å²) in [5, 5.41) is 0. The SMILES string of the molecule is CC.CC(C)(C)C(=O)c1cnc(N)o1.[HH]. The first-order valence-corrected chi connectivity index (χ1v) is 4.67. The first-order valence-electron chi connectivity index (χ1n) is 4.67. The van der Waals surface area contributed by atoms with Crippen molar-refractivity contribution >= 4 is 11.8 Å². The van der Waals surface area contributed by atoms with Crippen LogP contribution >= 0.6 is 0 Å². The topological polar surface area (TPSA) is 69.1 Å². The van der Waals surface area contributed by atoms with Gasteiger partial charge in [-0.25, -0.2) is 4.98 Å². The van der Waals surface area contributed by atoms with Gasteiger partial charge in [-0.2, -0.15) is 0 Å². The van der Waals surface area contributed by atoms with Gasteiger partial charge >= 0.3 is 0 Å². The van der Waals surface area contributed by atoms with Gasteiger partial charge in [0.25, 0.3) is 6.01 Å². The van der Waals surface area contributed by atoms with Crippen LogP contribution in [0.1, 0.15) is 46.6 Å². The Hall–Kier alpha value is -1.32. The summed E-state index contributed by atoms with van der Waals surface area (Å²) in [4.78, 5) is 15.1. The van der Waals surface area contributed by atoms with Crippen molar-refractivity contribution in [3.8, 4) is 0 Å². The van der Waals surface area contributed by atoms with Crippen LogP contribution in [0.15, 0.2) is 10.6 Å². The third-order valence-corrected chi connectivity index (χ3v) is 1.43. The van der Waals surface area contributed by atoms with Crippen molar-refractivity contribution in [2.75, 3.05) is 5.73 Å². The zero-order valence-electron chi connectivity index (χ0n) is 9.42. The minimum atomic E-state index is -0.452. The van der Waals surface area contributed by atoms with E-state index in [0.29, 0.717) is 0 Å². The minimum absolute atomic E-state index is 0. The van der Waals surface area contributed by atoms with Crippen molar-refractivity contribution in [2.24, 2.45) is 5.41 Å². The second kappa shape index (κ2) is 4.79. The molecule has 0 bridgehead atoms. The molecule has 0 aliphatic heterocycles. The van der Waals surface area contributed by atoms with E-state index >= 15 is 0 Å². The van der Waals surface area contributed by atoms with Gasteiger partial charge in [-0.3, -0.25) is 4.79 Å². The highest BCUT2D eigenvalue weighted by atomic mass is 16.4. The second-order valence-corrected chi connectivity index (χ2v) is 3.64. The molecule has 0 aliphatic rings. The second-order valence-electron chi connectivity index (χ2n) is 3.64. The minimum Gasteiger partial charge on any atom is -0.421 e. The number of nitrogens with two attached hydrogens (primary N) is 1. The van der Waals surface area contributed by atoms with Gasteiger partial charge in [0.1, 0.15) is 0 Å². The molecular weight excluding hydrogens is 180 g/mol. The van der Waals surface area contributed by atoms with Crippen LogP contribution in [0, 0.1) is 5.41 Å². The van der Waals surface area contributed by atoms with Crippen molar-refractivity contribution < 1.29 is 10.6 Å². The standard InChI is InChI=1S/C8H12N2O2.C2H6.H2/c1-8(2,3)6(11)5-4-10-7(9)12-5;1-2;/h4H,1-3H3,(H2,9,10);1-2H3;1H. The maximum Gasteiger partial charge on any atom is 0.292 e. The Morgan fingerprint density at radius 2 is 2.00 bits per heavy atom. The van der Waals surface area contributed by atoms with E-state index < -0.39 is 5.41 Å². The van der Waals surface area contributed by atoms with E-state index in [9.17, 15) is 4.79 Å². The van der Waals surface area contributed by atoms with Gasteiger partial charge < -0.3 is 10.2 Å². The summed E-state index contributed by atoms with van der Waals surface area (Å²) in [7, 11) is 0. The molecule has 0 aliphatic carbocycles. The molecule has 82 valence electrons. The van der Waals surface area contributed by atoms with Gasteiger partial charge in [0, 0.05) is 6.84 Å². The number of carbonyl (C=O) groups is 1. The molecule has 1 aromatic heterocycles. The molecule has 0 fully saturated rings. The largest absolute Gasteiger partial charge is 0.421 e. The van der Waals surface area contributed by atoms with E-state index in [1.54, 1.807) is 0 Å². The molecule has 0 atom stereocenters. The fraction of sp³-hybridized carbons (Fsp3) is 0.600. The molecule has 0 unspecified atom stereocenters. The smallest absolute Gasteiger partial charge is 0.292 e. The molecule has 1 rings (SSSR count). The Morgan fingerprint density at radius 1 is 1.50 bits per heavy atom. The molecular formula is C10H20N2O2. The molecule has 4 heteroatoms. The summed E-state index contributed by atoms with van der Waals surface area (Å²) < 4.78 is 4.89. The average Bonchev–Trinajstić information content (AvgIpc) is 2.52. The third-order valence-electron chi connectivity index (χ3n) is 1.43. The Bertz CT molecular complexity index is 303. The zero-order valence-corrected chi connectivity index (χ0v) is 9.42. The van der Waals surface area contributed by atoms with Gasteiger partial charge in [0.2, 0.25) is 5.78 Å². The summed E-state index contributed by atoms with van der Waals surface area (Å²) in [5.74, 6) is 0.131. The number of ketones is 1. The maximum atomic E-state index is 11.5. The molecule has 2 N–H and O–H groups in total. The zero-order chi connectivity index (χ0) is 11.4. The van der Waals surface area contributed by atoms with Gasteiger partial charge in [0.15, 0.2) is 5.76 Å². The van der Waals surface area contributed by atoms with E-state index in [0.717, 1.165) is 0 Å². The molecule has 4 nitrogen and oxygen atoms in total. The number of nitrogens with zero attached hydrogens (tertiary/aromatic N) is 1. The number of carbonyl (C=O) groups excluding carboxylic acids is 1. The Kier molecular flexibility index (Phi) is 4.34. The van der Waals surface area contributed by atoms with Crippen LogP contribution in [0.5, 0.6) is 0 Å². The maximum absolute atomic E-state index is 11.5. The lowest BCUT2D eigenvalue weighted by molar-refractivity contribution is 0.0829. The lowest BCUT2D eigenvalue weighted by Gasteiger charge is -2.13. The van der Waals surface area contributed by atoms with Crippen LogP contribution in [0.3, 0.4) is 0 Å². The number of aromatic nitrogens is 1. The molecule has 14 heavy (non-hydrogen) atoms. The van der Waals surface area contributed by atoms with E-state index in [2.05, 4.69) is 4.98 Å². The predicted octanol–water partition coefficient (Wildman–Crippen LogP) is 2.76. The van der Waals surface area contributed by atoms with Gasteiger partial charge in [-0.1, -0.05) is 34.6 Å². The predicted molar refractivity (Wildman–Crippen MR) is 58.2 cm³/mol. The number of anilines is 1.